The average Bonchev–Trinajstić information content (AvgIpc) is 3.27. The van der Waals surface area contributed by atoms with Gasteiger partial charge in [-0.3, -0.25) is 9.69 Å². The number of carbonyl (C=O) groups is 1. The SMILES string of the molecule is O=C(CN1CCCNCC1)c1ccc(OC2CC2)cc1. The Morgan fingerprint density at radius 2 is 2.00 bits per heavy atom. The summed E-state index contributed by atoms with van der Waals surface area (Å²) in [4.78, 5) is 14.5. The van der Waals surface area contributed by atoms with E-state index in [9.17, 15) is 4.79 Å². The van der Waals surface area contributed by atoms with E-state index < -0.39 is 0 Å². The van der Waals surface area contributed by atoms with E-state index >= 15 is 0 Å². The second-order valence-electron chi connectivity index (χ2n) is 5.64. The molecular weight excluding hydrogens is 252 g/mol. The molecule has 1 saturated carbocycles. The van der Waals surface area contributed by atoms with Gasteiger partial charge in [-0.05, 0) is 56.6 Å². The van der Waals surface area contributed by atoms with Gasteiger partial charge in [0.05, 0.1) is 12.6 Å². The molecule has 1 aromatic carbocycles. The lowest BCUT2D eigenvalue weighted by Gasteiger charge is -2.18. The Hall–Kier alpha value is -1.39. The fourth-order valence-electron chi connectivity index (χ4n) is 2.45. The Bertz CT molecular complexity index is 446. The maximum Gasteiger partial charge on any atom is 0.176 e. The fourth-order valence-corrected chi connectivity index (χ4v) is 2.45. The average molecular weight is 274 g/mol. The van der Waals surface area contributed by atoms with E-state index in [1.54, 1.807) is 0 Å². The zero-order chi connectivity index (χ0) is 13.8. The standard InChI is InChI=1S/C16H22N2O2/c19-16(12-18-10-1-8-17-9-11-18)13-2-4-14(5-3-13)20-15-6-7-15/h2-5,15,17H,1,6-12H2. The number of nitrogens with zero attached hydrogens (tertiary/aromatic N) is 1. The molecule has 1 aliphatic heterocycles. The van der Waals surface area contributed by atoms with Crippen molar-refractivity contribution in [1.29, 1.82) is 0 Å². The molecule has 0 radical (unpaired) electrons. The Labute approximate surface area is 120 Å². The van der Waals surface area contributed by atoms with Crippen molar-refractivity contribution < 1.29 is 9.53 Å². The molecule has 2 fully saturated rings. The van der Waals surface area contributed by atoms with Crippen molar-refractivity contribution in [3.8, 4) is 5.75 Å². The van der Waals surface area contributed by atoms with Crippen molar-refractivity contribution in [3.05, 3.63) is 29.8 Å². The van der Waals surface area contributed by atoms with Gasteiger partial charge in [-0.1, -0.05) is 0 Å². The van der Waals surface area contributed by atoms with E-state index in [0.717, 1.165) is 56.8 Å². The predicted octanol–water partition coefficient (Wildman–Crippen LogP) is 1.71. The molecule has 1 heterocycles. The van der Waals surface area contributed by atoms with Crippen LogP contribution in [0.5, 0.6) is 5.75 Å². The van der Waals surface area contributed by atoms with E-state index in [-0.39, 0.29) is 5.78 Å². The summed E-state index contributed by atoms with van der Waals surface area (Å²) in [6, 6.07) is 7.59. The van der Waals surface area contributed by atoms with Gasteiger partial charge in [0, 0.05) is 18.7 Å². The van der Waals surface area contributed by atoms with Gasteiger partial charge in [-0.25, -0.2) is 0 Å². The van der Waals surface area contributed by atoms with Crippen LogP contribution in [0.1, 0.15) is 29.6 Å². The van der Waals surface area contributed by atoms with Crippen LogP contribution in [-0.4, -0.2) is 49.5 Å². The van der Waals surface area contributed by atoms with E-state index in [1.165, 1.54) is 0 Å². The molecule has 0 unspecified atom stereocenters. The second kappa shape index (κ2) is 6.37. The first-order valence-electron chi connectivity index (χ1n) is 7.54. The van der Waals surface area contributed by atoms with Crippen LogP contribution in [0.15, 0.2) is 24.3 Å². The van der Waals surface area contributed by atoms with Crippen LogP contribution >= 0.6 is 0 Å². The molecular formula is C16H22N2O2. The van der Waals surface area contributed by atoms with Gasteiger partial charge in [0.15, 0.2) is 5.78 Å². The van der Waals surface area contributed by atoms with Crippen molar-refractivity contribution in [2.75, 3.05) is 32.7 Å². The molecule has 0 aromatic heterocycles. The molecule has 1 saturated heterocycles. The van der Waals surface area contributed by atoms with E-state index in [4.69, 9.17) is 4.74 Å². The lowest BCUT2D eigenvalue weighted by Crippen LogP contribution is -2.33. The molecule has 1 aromatic rings. The summed E-state index contributed by atoms with van der Waals surface area (Å²) in [7, 11) is 0. The molecule has 4 heteroatoms. The summed E-state index contributed by atoms with van der Waals surface area (Å²) in [6.45, 7) is 4.50. The van der Waals surface area contributed by atoms with Gasteiger partial charge < -0.3 is 10.1 Å². The first-order chi connectivity index (χ1) is 9.81. The first-order valence-corrected chi connectivity index (χ1v) is 7.54. The van der Waals surface area contributed by atoms with Crippen LogP contribution in [0.25, 0.3) is 0 Å². The number of rotatable bonds is 5. The molecule has 108 valence electrons. The highest BCUT2D eigenvalue weighted by Gasteiger charge is 2.23. The van der Waals surface area contributed by atoms with Crippen LogP contribution in [0.3, 0.4) is 0 Å². The second-order valence-corrected chi connectivity index (χ2v) is 5.64. The highest BCUT2D eigenvalue weighted by molar-refractivity contribution is 5.97. The van der Waals surface area contributed by atoms with Crippen LogP contribution < -0.4 is 10.1 Å². The topological polar surface area (TPSA) is 41.6 Å². The van der Waals surface area contributed by atoms with Gasteiger partial charge >= 0.3 is 0 Å². The molecule has 0 amide bonds. The number of ether oxygens (including phenoxy) is 1. The Balaban J connectivity index is 1.55. The summed E-state index contributed by atoms with van der Waals surface area (Å²) in [5.41, 5.74) is 0.783. The molecule has 0 atom stereocenters. The zero-order valence-corrected chi connectivity index (χ0v) is 11.8. The smallest absolute Gasteiger partial charge is 0.176 e. The molecule has 2 aliphatic rings. The van der Waals surface area contributed by atoms with Crippen molar-refractivity contribution >= 4 is 5.78 Å². The highest BCUT2D eigenvalue weighted by Crippen LogP contribution is 2.26. The summed E-state index contributed by atoms with van der Waals surface area (Å²) in [5, 5.41) is 3.35. The molecule has 4 nitrogen and oxygen atoms in total. The quantitative estimate of drug-likeness (QED) is 0.830. The number of benzene rings is 1. The maximum atomic E-state index is 12.3. The minimum atomic E-state index is 0.199. The number of hydrogen-bond acceptors (Lipinski definition) is 4. The Morgan fingerprint density at radius 1 is 1.20 bits per heavy atom. The number of ketones is 1. The first kappa shape index (κ1) is 13.6. The van der Waals surface area contributed by atoms with Gasteiger partial charge in [0.25, 0.3) is 0 Å². The molecule has 3 rings (SSSR count). The predicted molar refractivity (Wildman–Crippen MR) is 78.3 cm³/mol. The van der Waals surface area contributed by atoms with Crippen LogP contribution in [0, 0.1) is 0 Å². The fraction of sp³-hybridized carbons (Fsp3) is 0.562. The van der Waals surface area contributed by atoms with Crippen molar-refractivity contribution in [2.45, 2.75) is 25.4 Å². The minimum Gasteiger partial charge on any atom is -0.490 e. The summed E-state index contributed by atoms with van der Waals surface area (Å²) >= 11 is 0. The monoisotopic (exact) mass is 274 g/mol. The lowest BCUT2D eigenvalue weighted by molar-refractivity contribution is 0.0935. The molecule has 1 N–H and O–H groups in total. The van der Waals surface area contributed by atoms with Gasteiger partial charge in [0.2, 0.25) is 0 Å². The molecule has 0 bridgehead atoms. The minimum absolute atomic E-state index is 0.199. The van der Waals surface area contributed by atoms with Gasteiger partial charge in [-0.15, -0.1) is 0 Å². The summed E-state index contributed by atoms with van der Waals surface area (Å²) in [6.07, 6.45) is 3.83. The number of carbonyl (C=O) groups excluding carboxylic acids is 1. The molecule has 1 aliphatic carbocycles. The number of hydrogen-bond donors (Lipinski definition) is 1. The Kier molecular flexibility index (Phi) is 4.33. The highest BCUT2D eigenvalue weighted by atomic mass is 16.5. The van der Waals surface area contributed by atoms with Crippen LogP contribution in [-0.2, 0) is 0 Å². The van der Waals surface area contributed by atoms with E-state index in [0.29, 0.717) is 12.6 Å². The molecule has 20 heavy (non-hydrogen) atoms. The number of Topliss-reactive ketones (excluding diaryl/α,β-unsaturated/α-hetero) is 1. The van der Waals surface area contributed by atoms with Crippen molar-refractivity contribution in [2.24, 2.45) is 0 Å². The van der Waals surface area contributed by atoms with Crippen molar-refractivity contribution in [1.82, 2.24) is 10.2 Å². The lowest BCUT2D eigenvalue weighted by atomic mass is 10.1. The van der Waals surface area contributed by atoms with E-state index in [2.05, 4.69) is 10.2 Å². The number of nitrogens with one attached hydrogen (secondary N) is 1. The third-order valence-corrected chi connectivity index (χ3v) is 3.80. The molecule has 0 spiro atoms. The van der Waals surface area contributed by atoms with E-state index in [1.807, 2.05) is 24.3 Å². The maximum absolute atomic E-state index is 12.3. The Morgan fingerprint density at radius 3 is 2.75 bits per heavy atom. The summed E-state index contributed by atoms with van der Waals surface area (Å²) in [5.74, 6) is 1.08. The van der Waals surface area contributed by atoms with Crippen LogP contribution in [0.4, 0.5) is 0 Å². The summed E-state index contributed by atoms with van der Waals surface area (Å²) < 4.78 is 5.70. The van der Waals surface area contributed by atoms with Crippen LogP contribution in [0.2, 0.25) is 0 Å². The largest absolute Gasteiger partial charge is 0.490 e. The van der Waals surface area contributed by atoms with Gasteiger partial charge in [-0.2, -0.15) is 0 Å². The normalized spacial score (nSPS) is 20.4. The third-order valence-electron chi connectivity index (χ3n) is 3.80. The third kappa shape index (κ3) is 3.81. The van der Waals surface area contributed by atoms with Crippen molar-refractivity contribution in [3.63, 3.8) is 0 Å². The van der Waals surface area contributed by atoms with Gasteiger partial charge in [0.1, 0.15) is 5.75 Å². The zero-order valence-electron chi connectivity index (χ0n) is 11.8.